The Balaban J connectivity index is 1.79. The summed E-state index contributed by atoms with van der Waals surface area (Å²) < 4.78 is 0. The van der Waals surface area contributed by atoms with Crippen LogP contribution in [0, 0.1) is 0 Å². The van der Waals surface area contributed by atoms with Crippen LogP contribution in [0.2, 0.25) is 0 Å². The Labute approximate surface area is 111 Å². The van der Waals surface area contributed by atoms with Crippen LogP contribution in [0.15, 0.2) is 46.3 Å². The average molecular weight is 257 g/mol. The van der Waals surface area contributed by atoms with Gasteiger partial charge in [-0.1, -0.05) is 30.0 Å². The first kappa shape index (κ1) is 11.8. The molecule has 0 radical (unpaired) electrons. The second-order valence-electron chi connectivity index (χ2n) is 4.51. The highest BCUT2D eigenvalue weighted by molar-refractivity contribution is 7.99. The summed E-state index contributed by atoms with van der Waals surface area (Å²) in [4.78, 5) is 5.87. The van der Waals surface area contributed by atoms with Gasteiger partial charge in [-0.25, -0.2) is 4.98 Å². The van der Waals surface area contributed by atoms with E-state index in [2.05, 4.69) is 12.1 Å². The molecule has 1 aliphatic rings. The van der Waals surface area contributed by atoms with Crippen molar-refractivity contribution in [2.24, 2.45) is 0 Å². The third-order valence-electron chi connectivity index (χ3n) is 3.23. The third kappa shape index (κ3) is 2.42. The smallest absolute Gasteiger partial charge is 0.101 e. The standard InChI is InChI=1S/C15H15NOS/c17-10-11-4-7-13(8-5-11)18-15-9-6-12-2-1-3-14(12)16-15/h4-9,17H,1-3,10H2. The van der Waals surface area contributed by atoms with E-state index in [1.165, 1.54) is 24.1 Å². The number of aryl methyl sites for hydroxylation is 2. The number of rotatable bonds is 3. The van der Waals surface area contributed by atoms with Crippen molar-refractivity contribution in [3.8, 4) is 0 Å². The molecule has 0 saturated heterocycles. The molecule has 1 aliphatic carbocycles. The van der Waals surface area contributed by atoms with Crippen molar-refractivity contribution < 1.29 is 5.11 Å². The van der Waals surface area contributed by atoms with Gasteiger partial charge in [0.2, 0.25) is 0 Å². The molecular weight excluding hydrogens is 242 g/mol. The molecule has 92 valence electrons. The van der Waals surface area contributed by atoms with Crippen LogP contribution >= 0.6 is 11.8 Å². The number of aliphatic hydroxyl groups excluding tert-OH is 1. The van der Waals surface area contributed by atoms with Crippen LogP contribution in [0.3, 0.4) is 0 Å². The highest BCUT2D eigenvalue weighted by atomic mass is 32.2. The van der Waals surface area contributed by atoms with E-state index in [-0.39, 0.29) is 6.61 Å². The van der Waals surface area contributed by atoms with Crippen molar-refractivity contribution in [1.82, 2.24) is 4.98 Å². The first-order chi connectivity index (χ1) is 8.85. The van der Waals surface area contributed by atoms with Gasteiger partial charge in [0.15, 0.2) is 0 Å². The van der Waals surface area contributed by atoms with Gasteiger partial charge < -0.3 is 5.11 Å². The number of benzene rings is 1. The zero-order valence-corrected chi connectivity index (χ0v) is 10.9. The quantitative estimate of drug-likeness (QED) is 0.916. The van der Waals surface area contributed by atoms with Crippen molar-refractivity contribution in [3.63, 3.8) is 0 Å². The molecule has 3 heteroatoms. The van der Waals surface area contributed by atoms with E-state index >= 15 is 0 Å². The normalized spacial score (nSPS) is 13.6. The second-order valence-corrected chi connectivity index (χ2v) is 5.61. The van der Waals surface area contributed by atoms with Crippen LogP contribution in [0.25, 0.3) is 0 Å². The van der Waals surface area contributed by atoms with E-state index in [0.717, 1.165) is 21.9 Å². The van der Waals surface area contributed by atoms with Crippen LogP contribution in [-0.4, -0.2) is 10.1 Å². The molecule has 0 fully saturated rings. The summed E-state index contributed by atoms with van der Waals surface area (Å²) in [6.45, 7) is 0.0992. The molecule has 0 spiro atoms. The molecule has 1 aromatic carbocycles. The van der Waals surface area contributed by atoms with Crippen LogP contribution < -0.4 is 0 Å². The van der Waals surface area contributed by atoms with Gasteiger partial charge in [-0.05, 0) is 48.6 Å². The van der Waals surface area contributed by atoms with E-state index in [1.54, 1.807) is 11.8 Å². The summed E-state index contributed by atoms with van der Waals surface area (Å²) in [6.07, 6.45) is 3.54. The van der Waals surface area contributed by atoms with E-state index in [9.17, 15) is 0 Å². The van der Waals surface area contributed by atoms with E-state index in [4.69, 9.17) is 10.1 Å². The molecular formula is C15H15NOS. The number of hydrogen-bond donors (Lipinski definition) is 1. The van der Waals surface area contributed by atoms with Gasteiger partial charge in [0.05, 0.1) is 6.61 Å². The lowest BCUT2D eigenvalue weighted by atomic mass is 10.2. The maximum Gasteiger partial charge on any atom is 0.101 e. The Morgan fingerprint density at radius 3 is 2.67 bits per heavy atom. The van der Waals surface area contributed by atoms with Crippen molar-refractivity contribution in [3.05, 3.63) is 53.2 Å². The fourth-order valence-electron chi connectivity index (χ4n) is 2.24. The molecule has 1 aromatic heterocycles. The van der Waals surface area contributed by atoms with Crippen LogP contribution in [0.4, 0.5) is 0 Å². The number of fused-ring (bicyclic) bond motifs is 1. The topological polar surface area (TPSA) is 33.1 Å². The Morgan fingerprint density at radius 2 is 1.89 bits per heavy atom. The Kier molecular flexibility index (Phi) is 3.35. The summed E-state index contributed by atoms with van der Waals surface area (Å²) in [7, 11) is 0. The molecule has 2 nitrogen and oxygen atoms in total. The highest BCUT2D eigenvalue weighted by Crippen LogP contribution is 2.29. The number of nitrogens with zero attached hydrogens (tertiary/aromatic N) is 1. The molecule has 0 saturated carbocycles. The van der Waals surface area contributed by atoms with Gasteiger partial charge in [-0.2, -0.15) is 0 Å². The van der Waals surface area contributed by atoms with Crippen molar-refractivity contribution in [1.29, 1.82) is 0 Å². The SMILES string of the molecule is OCc1ccc(Sc2ccc3c(n2)CCC3)cc1. The zero-order valence-electron chi connectivity index (χ0n) is 10.1. The fourth-order valence-corrected chi connectivity index (χ4v) is 3.05. The first-order valence-electron chi connectivity index (χ1n) is 6.21. The number of pyridine rings is 1. The zero-order chi connectivity index (χ0) is 12.4. The lowest BCUT2D eigenvalue weighted by Gasteiger charge is -2.04. The summed E-state index contributed by atoms with van der Waals surface area (Å²) in [6, 6.07) is 12.3. The minimum Gasteiger partial charge on any atom is -0.392 e. The predicted molar refractivity (Wildman–Crippen MR) is 72.7 cm³/mol. The van der Waals surface area contributed by atoms with Gasteiger partial charge in [0.1, 0.15) is 5.03 Å². The van der Waals surface area contributed by atoms with Gasteiger partial charge in [0, 0.05) is 10.6 Å². The van der Waals surface area contributed by atoms with Crippen molar-refractivity contribution in [2.75, 3.05) is 0 Å². The molecule has 2 aromatic rings. The molecule has 1 heterocycles. The molecule has 0 unspecified atom stereocenters. The summed E-state index contributed by atoms with van der Waals surface area (Å²) >= 11 is 1.68. The van der Waals surface area contributed by atoms with Crippen LogP contribution in [-0.2, 0) is 19.4 Å². The molecule has 3 rings (SSSR count). The van der Waals surface area contributed by atoms with Gasteiger partial charge >= 0.3 is 0 Å². The molecule has 18 heavy (non-hydrogen) atoms. The summed E-state index contributed by atoms with van der Waals surface area (Å²) in [5.41, 5.74) is 3.63. The lowest BCUT2D eigenvalue weighted by molar-refractivity contribution is 0.282. The molecule has 0 atom stereocenters. The number of hydrogen-bond acceptors (Lipinski definition) is 3. The monoisotopic (exact) mass is 257 g/mol. The highest BCUT2D eigenvalue weighted by Gasteiger charge is 2.12. The third-order valence-corrected chi connectivity index (χ3v) is 4.18. The van der Waals surface area contributed by atoms with E-state index < -0.39 is 0 Å². The number of aliphatic hydroxyl groups is 1. The number of aromatic nitrogens is 1. The van der Waals surface area contributed by atoms with Gasteiger partial charge in [-0.3, -0.25) is 0 Å². The van der Waals surface area contributed by atoms with Crippen molar-refractivity contribution in [2.45, 2.75) is 35.8 Å². The minimum absolute atomic E-state index is 0.0992. The Hall–Kier alpha value is -1.32. The van der Waals surface area contributed by atoms with Gasteiger partial charge in [-0.15, -0.1) is 0 Å². The molecule has 0 aliphatic heterocycles. The fraction of sp³-hybridized carbons (Fsp3) is 0.267. The predicted octanol–water partition coefficient (Wildman–Crippen LogP) is 3.21. The summed E-state index contributed by atoms with van der Waals surface area (Å²) in [5, 5.41) is 10.1. The maximum absolute atomic E-state index is 9.00. The van der Waals surface area contributed by atoms with Crippen molar-refractivity contribution >= 4 is 11.8 Å². The van der Waals surface area contributed by atoms with E-state index in [0.29, 0.717) is 0 Å². The largest absolute Gasteiger partial charge is 0.392 e. The first-order valence-corrected chi connectivity index (χ1v) is 7.03. The summed E-state index contributed by atoms with van der Waals surface area (Å²) in [5.74, 6) is 0. The Morgan fingerprint density at radius 1 is 1.06 bits per heavy atom. The maximum atomic E-state index is 9.00. The average Bonchev–Trinajstić information content (AvgIpc) is 2.87. The molecule has 1 N–H and O–H groups in total. The van der Waals surface area contributed by atoms with Crippen LogP contribution in [0.1, 0.15) is 23.2 Å². The molecule has 0 bridgehead atoms. The Bertz CT molecular complexity index is 551. The van der Waals surface area contributed by atoms with Gasteiger partial charge in [0.25, 0.3) is 0 Å². The van der Waals surface area contributed by atoms with E-state index in [1.807, 2.05) is 24.3 Å². The lowest BCUT2D eigenvalue weighted by Crippen LogP contribution is -1.89. The molecule has 0 amide bonds. The minimum atomic E-state index is 0.0992. The van der Waals surface area contributed by atoms with Crippen LogP contribution in [0.5, 0.6) is 0 Å². The second kappa shape index (κ2) is 5.12.